The van der Waals surface area contributed by atoms with Crippen molar-refractivity contribution in [3.05, 3.63) is 35.9 Å². The van der Waals surface area contributed by atoms with Gasteiger partial charge in [-0.15, -0.1) is 0 Å². The first kappa shape index (κ1) is 21.4. The lowest BCUT2D eigenvalue weighted by Crippen LogP contribution is -2.64. The fourth-order valence-corrected chi connectivity index (χ4v) is 3.56. The molecular formula is C19H30BN3O4. The summed E-state index contributed by atoms with van der Waals surface area (Å²) in [4.78, 5) is 27.8. The number of benzene rings is 1. The number of carbonyl (C=O) groups is 2. The Labute approximate surface area is 161 Å². The van der Waals surface area contributed by atoms with Gasteiger partial charge in [0.15, 0.2) is 0 Å². The van der Waals surface area contributed by atoms with Gasteiger partial charge >= 0.3 is 7.12 Å². The molecule has 1 fully saturated rings. The maximum atomic E-state index is 13.2. The average Bonchev–Trinajstić information content (AvgIpc) is 2.64. The largest absolute Gasteiger partial charge is 0.475 e. The minimum absolute atomic E-state index is 0.0602. The van der Waals surface area contributed by atoms with E-state index in [0.29, 0.717) is 31.4 Å². The standard InChI is InChI=1S/C19H30BN3O4/c1-4-15(20(26)27)22-17(24)16(14-9-6-5-7-10-14)23-12-8-11-19(21,13(2)3)18(23)25/h5-7,9-10,13,15-16,26-27H,4,8,11-12,21H2,1-3H3,(H,22,24)/t15-,16?,19?/m0/s1. The van der Waals surface area contributed by atoms with Gasteiger partial charge in [0.2, 0.25) is 11.8 Å². The highest BCUT2D eigenvalue weighted by Gasteiger charge is 2.47. The molecule has 0 spiro atoms. The SMILES string of the molecule is CC[C@H](NC(=O)C(c1ccccc1)N1CCCC(N)(C(C)C)C1=O)B(O)O. The lowest BCUT2D eigenvalue weighted by Gasteiger charge is -2.44. The number of nitrogens with zero attached hydrogens (tertiary/aromatic N) is 1. The van der Waals surface area contributed by atoms with Crippen molar-refractivity contribution in [1.29, 1.82) is 0 Å². The van der Waals surface area contributed by atoms with Crippen molar-refractivity contribution in [3.63, 3.8) is 0 Å². The fraction of sp³-hybridized carbons (Fsp3) is 0.579. The molecule has 5 N–H and O–H groups in total. The number of nitrogens with one attached hydrogen (secondary N) is 1. The number of rotatable bonds is 7. The van der Waals surface area contributed by atoms with E-state index in [9.17, 15) is 19.6 Å². The molecule has 3 atom stereocenters. The van der Waals surface area contributed by atoms with Crippen LogP contribution in [0.1, 0.15) is 51.6 Å². The van der Waals surface area contributed by atoms with Gasteiger partial charge in [0.05, 0.1) is 11.5 Å². The highest BCUT2D eigenvalue weighted by Crippen LogP contribution is 2.33. The van der Waals surface area contributed by atoms with Crippen molar-refractivity contribution in [3.8, 4) is 0 Å². The Kier molecular flexibility index (Phi) is 7.03. The van der Waals surface area contributed by atoms with Crippen LogP contribution >= 0.6 is 0 Å². The zero-order valence-electron chi connectivity index (χ0n) is 16.3. The molecule has 1 heterocycles. The number of piperidine rings is 1. The van der Waals surface area contributed by atoms with Crippen LogP contribution in [0.2, 0.25) is 0 Å². The van der Waals surface area contributed by atoms with E-state index in [-0.39, 0.29) is 11.8 Å². The van der Waals surface area contributed by atoms with Crippen LogP contribution in [0.3, 0.4) is 0 Å². The Morgan fingerprint density at radius 3 is 2.48 bits per heavy atom. The van der Waals surface area contributed by atoms with E-state index in [1.54, 1.807) is 31.2 Å². The van der Waals surface area contributed by atoms with Gasteiger partial charge < -0.3 is 26.0 Å². The minimum Gasteiger partial charge on any atom is -0.426 e. The lowest BCUT2D eigenvalue weighted by atomic mass is 9.77. The number of hydrogen-bond donors (Lipinski definition) is 4. The van der Waals surface area contributed by atoms with Crippen LogP contribution in [0.25, 0.3) is 0 Å². The smallest absolute Gasteiger partial charge is 0.426 e. The highest BCUT2D eigenvalue weighted by atomic mass is 16.4. The second kappa shape index (κ2) is 8.86. The molecule has 0 saturated carbocycles. The molecular weight excluding hydrogens is 345 g/mol. The van der Waals surface area contributed by atoms with Crippen LogP contribution in [0.4, 0.5) is 0 Å². The van der Waals surface area contributed by atoms with E-state index in [4.69, 9.17) is 5.73 Å². The summed E-state index contributed by atoms with van der Waals surface area (Å²) < 4.78 is 0. The quantitative estimate of drug-likeness (QED) is 0.521. The summed E-state index contributed by atoms with van der Waals surface area (Å²) in [5, 5.41) is 21.6. The molecule has 1 aliphatic heterocycles. The maximum absolute atomic E-state index is 13.2. The second-order valence-corrected chi connectivity index (χ2v) is 7.55. The molecule has 1 aliphatic rings. The first-order valence-corrected chi connectivity index (χ1v) is 9.53. The number of hydrogen-bond acceptors (Lipinski definition) is 5. The molecule has 2 amide bonds. The van der Waals surface area contributed by atoms with Gasteiger partial charge in [0, 0.05) is 6.54 Å². The molecule has 27 heavy (non-hydrogen) atoms. The summed E-state index contributed by atoms with van der Waals surface area (Å²) in [6, 6.07) is 8.16. The van der Waals surface area contributed by atoms with Crippen LogP contribution in [0.15, 0.2) is 30.3 Å². The summed E-state index contributed by atoms with van der Waals surface area (Å²) in [5.41, 5.74) is 6.08. The van der Waals surface area contributed by atoms with Gasteiger partial charge in [-0.25, -0.2) is 0 Å². The summed E-state index contributed by atoms with van der Waals surface area (Å²) in [6.07, 6.45) is 1.64. The monoisotopic (exact) mass is 375 g/mol. The molecule has 0 aromatic heterocycles. The van der Waals surface area contributed by atoms with Crippen molar-refractivity contribution in [2.24, 2.45) is 11.7 Å². The number of amides is 2. The summed E-state index contributed by atoms with van der Waals surface area (Å²) in [7, 11) is -1.67. The van der Waals surface area contributed by atoms with Gasteiger partial charge in [-0.3, -0.25) is 9.59 Å². The van der Waals surface area contributed by atoms with E-state index in [1.807, 2.05) is 19.9 Å². The molecule has 1 aromatic carbocycles. The van der Waals surface area contributed by atoms with Crippen molar-refractivity contribution in [1.82, 2.24) is 10.2 Å². The van der Waals surface area contributed by atoms with E-state index in [1.165, 1.54) is 4.90 Å². The third-order valence-corrected chi connectivity index (χ3v) is 5.48. The Morgan fingerprint density at radius 2 is 1.96 bits per heavy atom. The molecule has 0 bridgehead atoms. The van der Waals surface area contributed by atoms with E-state index < -0.39 is 30.5 Å². The number of nitrogens with two attached hydrogens (primary N) is 1. The van der Waals surface area contributed by atoms with Crippen LogP contribution in [-0.2, 0) is 9.59 Å². The second-order valence-electron chi connectivity index (χ2n) is 7.55. The van der Waals surface area contributed by atoms with Crippen molar-refractivity contribution in [2.75, 3.05) is 6.54 Å². The van der Waals surface area contributed by atoms with E-state index in [0.717, 1.165) is 0 Å². The van der Waals surface area contributed by atoms with Crippen LogP contribution < -0.4 is 11.1 Å². The lowest BCUT2D eigenvalue weighted by molar-refractivity contribution is -0.150. The predicted molar refractivity (Wildman–Crippen MR) is 104 cm³/mol. The number of likely N-dealkylation sites (tertiary alicyclic amines) is 1. The Morgan fingerprint density at radius 1 is 1.33 bits per heavy atom. The summed E-state index contributed by atoms with van der Waals surface area (Å²) in [5.74, 6) is -1.56. The predicted octanol–water partition coefficient (Wildman–Crippen LogP) is 0.610. The summed E-state index contributed by atoms with van der Waals surface area (Å²) >= 11 is 0. The molecule has 7 nitrogen and oxygen atoms in total. The minimum atomic E-state index is -1.67. The van der Waals surface area contributed by atoms with E-state index >= 15 is 0 Å². The average molecular weight is 375 g/mol. The van der Waals surface area contributed by atoms with E-state index in [2.05, 4.69) is 5.32 Å². The third kappa shape index (κ3) is 4.51. The summed E-state index contributed by atoms with van der Waals surface area (Å²) in [6.45, 7) is 6.00. The number of carbonyl (C=O) groups excluding carboxylic acids is 2. The Hall–Kier alpha value is -1.90. The molecule has 0 aliphatic carbocycles. The molecule has 2 rings (SSSR count). The zero-order valence-corrected chi connectivity index (χ0v) is 16.3. The Balaban J connectivity index is 2.39. The van der Waals surface area contributed by atoms with Gasteiger partial charge in [-0.1, -0.05) is 51.1 Å². The first-order chi connectivity index (χ1) is 12.7. The molecule has 8 heteroatoms. The highest BCUT2D eigenvalue weighted by molar-refractivity contribution is 6.43. The fourth-order valence-electron chi connectivity index (χ4n) is 3.56. The Bertz CT molecular complexity index is 656. The molecule has 148 valence electrons. The van der Waals surface area contributed by atoms with Gasteiger partial charge in [-0.05, 0) is 30.7 Å². The van der Waals surface area contributed by atoms with Gasteiger partial charge in [0.25, 0.3) is 0 Å². The van der Waals surface area contributed by atoms with Gasteiger partial charge in [0.1, 0.15) is 6.04 Å². The van der Waals surface area contributed by atoms with Crippen LogP contribution in [0.5, 0.6) is 0 Å². The normalized spacial score (nSPS) is 22.5. The molecule has 2 unspecified atom stereocenters. The van der Waals surface area contributed by atoms with Gasteiger partial charge in [-0.2, -0.15) is 0 Å². The van der Waals surface area contributed by atoms with Crippen LogP contribution in [-0.4, -0.2) is 51.9 Å². The van der Waals surface area contributed by atoms with Crippen molar-refractivity contribution >= 4 is 18.9 Å². The maximum Gasteiger partial charge on any atom is 0.475 e. The first-order valence-electron chi connectivity index (χ1n) is 9.53. The topological polar surface area (TPSA) is 116 Å². The van der Waals surface area contributed by atoms with Crippen molar-refractivity contribution in [2.45, 2.75) is 57.6 Å². The van der Waals surface area contributed by atoms with Crippen molar-refractivity contribution < 1.29 is 19.6 Å². The third-order valence-electron chi connectivity index (χ3n) is 5.48. The van der Waals surface area contributed by atoms with Crippen LogP contribution in [0, 0.1) is 5.92 Å². The molecule has 0 radical (unpaired) electrons. The zero-order chi connectivity index (χ0) is 20.2. The molecule has 1 saturated heterocycles. The molecule has 1 aromatic rings.